The number of hydrogen-bond acceptors (Lipinski definition) is 14. The predicted octanol–water partition coefficient (Wildman–Crippen LogP) is 16.2. The van der Waals surface area contributed by atoms with Gasteiger partial charge < -0.3 is 4.98 Å². The summed E-state index contributed by atoms with van der Waals surface area (Å²) in [5, 5.41) is 22.6. The van der Waals surface area contributed by atoms with Crippen LogP contribution >= 0.6 is 141 Å². The Labute approximate surface area is 540 Å². The summed E-state index contributed by atoms with van der Waals surface area (Å²) in [5.41, 5.74) is 9.23. The molecule has 7 heterocycles. The van der Waals surface area contributed by atoms with E-state index in [4.69, 9.17) is 93.4 Å². The molecule has 0 spiro atoms. The number of ketones is 3. The summed E-state index contributed by atoms with van der Waals surface area (Å²) in [6.45, 7) is 5.40. The molecule has 0 bridgehead atoms. The summed E-state index contributed by atoms with van der Waals surface area (Å²) in [7, 11) is 0. The van der Waals surface area contributed by atoms with Gasteiger partial charge in [0.05, 0.1) is 62.7 Å². The molecular formula is C56H43Cl7IN13O3S3. The minimum atomic E-state index is -0.478. The number of halogens is 8. The van der Waals surface area contributed by atoms with Crippen LogP contribution in [0.4, 0.5) is 0 Å². The molecule has 2 unspecified atom stereocenters. The zero-order chi connectivity index (χ0) is 58.2. The highest BCUT2D eigenvalue weighted by Crippen LogP contribution is 2.38. The first-order valence-electron chi connectivity index (χ1n) is 24.6. The van der Waals surface area contributed by atoms with Crippen molar-refractivity contribution in [2.24, 2.45) is 0 Å². The second kappa shape index (κ2) is 28.9. The van der Waals surface area contributed by atoms with E-state index in [9.17, 15) is 14.4 Å². The van der Waals surface area contributed by atoms with Crippen molar-refractivity contribution in [3.05, 3.63) is 191 Å². The summed E-state index contributed by atoms with van der Waals surface area (Å²) in [4.78, 5) is 65.0. The zero-order valence-corrected chi connectivity index (χ0v) is 53.4. The van der Waals surface area contributed by atoms with Gasteiger partial charge in [0.1, 0.15) is 0 Å². The maximum absolute atomic E-state index is 12.9. The molecule has 2 aliphatic rings. The molecule has 0 fully saturated rings. The molecule has 0 amide bonds. The van der Waals surface area contributed by atoms with Gasteiger partial charge in [0.25, 0.3) is 0 Å². The van der Waals surface area contributed by atoms with E-state index in [0.29, 0.717) is 84.9 Å². The molecule has 0 aliphatic heterocycles. The number of nitrogens with zero attached hydrogens (tertiary/aromatic N) is 8. The molecule has 12 rings (SSSR count). The Kier molecular flexibility index (Phi) is 22.0. The number of hydrogen-bond donors (Lipinski definition) is 5. The summed E-state index contributed by atoms with van der Waals surface area (Å²) >= 11 is 49.6. The van der Waals surface area contributed by atoms with Crippen molar-refractivity contribution >= 4 is 180 Å². The number of carbonyl (C=O) groups excluding carboxylic acids is 3. The lowest BCUT2D eigenvalue weighted by Gasteiger charge is -2.10. The standard InChI is InChI=1S/2C19H14Cl2N4OS.C11H10ClNO.C7H4Cl2N4S.HI/c2*1-10(17(26)13-7-6-11-4-2-3-5-12(11)13)27-19-23-18(24-25-19)16-14(20)8-22-9-15(16)21;1-7(12)11(14)9-6-13-10-5-3-2-4-8(9)10;8-3-1-10-2-4(9)5(3)6-11-7(14)13-12-6;/h2*2-5,7-10H,6H2,1H3,(H,23,24,25);2-7,13H,1H3;1-2H,(H2,11,12,13,14);1H/t10-;;;;/m1..../s1. The van der Waals surface area contributed by atoms with Gasteiger partial charge >= 0.3 is 0 Å². The summed E-state index contributed by atoms with van der Waals surface area (Å²) in [6, 6.07) is 23.6. The zero-order valence-electron chi connectivity index (χ0n) is 43.4. The number of nitrogens with one attached hydrogen (secondary N) is 5. The Balaban J connectivity index is 0.000000151. The second-order valence-corrected chi connectivity index (χ2v) is 23.9. The molecule has 83 heavy (non-hydrogen) atoms. The molecule has 10 aromatic rings. The molecular weight excluding hydrogens is 1370 g/mol. The lowest BCUT2D eigenvalue weighted by atomic mass is 10.0. The highest BCUT2D eigenvalue weighted by Gasteiger charge is 2.28. The normalized spacial score (nSPS) is 13.0. The van der Waals surface area contributed by atoms with Gasteiger partial charge in [0, 0.05) is 71.0 Å². The predicted molar refractivity (Wildman–Crippen MR) is 347 cm³/mol. The lowest BCUT2D eigenvalue weighted by molar-refractivity contribution is -0.113. The van der Waals surface area contributed by atoms with E-state index in [1.807, 2.05) is 98.8 Å². The number of carbonyl (C=O) groups is 3. The van der Waals surface area contributed by atoms with E-state index in [2.05, 4.69) is 65.5 Å². The molecule has 27 heteroatoms. The fraction of sp³-hybridized carbons (Fsp3) is 0.143. The van der Waals surface area contributed by atoms with E-state index in [1.165, 1.54) is 71.8 Å². The first-order chi connectivity index (χ1) is 39.5. The van der Waals surface area contributed by atoms with E-state index < -0.39 is 5.38 Å². The Hall–Kier alpha value is -5.76. The summed E-state index contributed by atoms with van der Waals surface area (Å²) < 4.78 is 0.351. The van der Waals surface area contributed by atoms with Gasteiger partial charge in [-0.3, -0.25) is 49.7 Å². The number of Topliss-reactive ketones (excluding diaryl/α,β-unsaturated/α-hetero) is 3. The second-order valence-electron chi connectivity index (χ2n) is 17.8. The van der Waals surface area contributed by atoms with E-state index in [-0.39, 0.29) is 51.8 Å². The first kappa shape index (κ1) is 63.3. The third-order valence-corrected chi connectivity index (χ3v) is 16.5. The monoisotopic (exact) mass is 1410 g/mol. The number of aromatic amines is 5. The molecule has 16 nitrogen and oxygen atoms in total. The number of alkyl halides is 1. The fourth-order valence-corrected chi connectivity index (χ4v) is 12.0. The Morgan fingerprint density at radius 2 is 0.952 bits per heavy atom. The van der Waals surface area contributed by atoms with Gasteiger partial charge in [-0.15, -0.1) is 45.8 Å². The number of para-hydroxylation sites is 1. The van der Waals surface area contributed by atoms with Gasteiger partial charge in [0.2, 0.25) is 15.1 Å². The Bertz CT molecular complexity index is 3920. The van der Waals surface area contributed by atoms with Crippen molar-refractivity contribution in [2.45, 2.75) is 59.8 Å². The number of thioether (sulfide) groups is 2. The minimum Gasteiger partial charge on any atom is -0.360 e. The van der Waals surface area contributed by atoms with Crippen molar-refractivity contribution in [3.63, 3.8) is 0 Å². The van der Waals surface area contributed by atoms with Crippen molar-refractivity contribution in [1.29, 1.82) is 0 Å². The van der Waals surface area contributed by atoms with Crippen LogP contribution in [0.3, 0.4) is 0 Å². The van der Waals surface area contributed by atoms with E-state index in [1.54, 1.807) is 13.1 Å². The summed E-state index contributed by atoms with van der Waals surface area (Å²) in [6.07, 6.45) is 16.2. The Morgan fingerprint density at radius 3 is 1.37 bits per heavy atom. The molecule has 424 valence electrons. The van der Waals surface area contributed by atoms with Crippen LogP contribution in [-0.2, 0) is 22.4 Å². The minimum absolute atomic E-state index is 0. The topological polar surface area (TPSA) is 233 Å². The molecule has 0 saturated carbocycles. The molecule has 5 N–H and O–H groups in total. The maximum atomic E-state index is 12.9. The van der Waals surface area contributed by atoms with Gasteiger partial charge in [-0.1, -0.05) is 172 Å². The van der Waals surface area contributed by atoms with Crippen molar-refractivity contribution < 1.29 is 14.4 Å². The first-order valence-corrected chi connectivity index (χ1v) is 29.4. The maximum Gasteiger partial charge on any atom is 0.213 e. The van der Waals surface area contributed by atoms with Crippen LogP contribution in [0.25, 0.3) is 56.2 Å². The number of pyridine rings is 3. The van der Waals surface area contributed by atoms with E-state index >= 15 is 0 Å². The highest BCUT2D eigenvalue weighted by molar-refractivity contribution is 14.0. The van der Waals surface area contributed by atoms with Crippen LogP contribution < -0.4 is 0 Å². The van der Waals surface area contributed by atoms with Crippen LogP contribution in [0.15, 0.2) is 139 Å². The SMILES string of the molecule is CC(Cl)C(=O)c1c[nH]c2ccccc12.CC(Sc1n[nH]c(-c2c(Cl)cncc2Cl)n1)C(=O)C1=CCc2ccccc21.C[C@@H](Sc1n[nH]c(-c2c(Cl)cncc2Cl)n1)C(=O)C1=CCc2ccccc21.I.S=c1nc(-c2c(Cl)cncc2Cl)[nH][nH]1. The molecule has 0 radical (unpaired) electrons. The van der Waals surface area contributed by atoms with Crippen LogP contribution in [0, 0.1) is 4.77 Å². The lowest BCUT2D eigenvalue weighted by Crippen LogP contribution is -2.14. The van der Waals surface area contributed by atoms with Gasteiger partial charge in [-0.25, -0.2) is 9.97 Å². The van der Waals surface area contributed by atoms with Crippen molar-refractivity contribution in [1.82, 2.24) is 65.5 Å². The third kappa shape index (κ3) is 15.0. The molecule has 3 atom stereocenters. The van der Waals surface area contributed by atoms with Crippen LogP contribution in [0.2, 0.25) is 30.1 Å². The van der Waals surface area contributed by atoms with Crippen LogP contribution in [-0.4, -0.2) is 98.7 Å². The fourth-order valence-electron chi connectivity index (χ4n) is 8.51. The third-order valence-electron chi connectivity index (χ3n) is 12.4. The molecule has 7 aromatic heterocycles. The molecule has 2 aliphatic carbocycles. The number of benzene rings is 3. The van der Waals surface area contributed by atoms with Crippen molar-refractivity contribution in [2.75, 3.05) is 0 Å². The number of aromatic nitrogens is 13. The largest absolute Gasteiger partial charge is 0.360 e. The van der Waals surface area contributed by atoms with Gasteiger partial charge in [-0.05, 0) is 74.2 Å². The number of fused-ring (bicyclic) bond motifs is 3. The van der Waals surface area contributed by atoms with Crippen molar-refractivity contribution in [3.8, 4) is 34.2 Å². The molecule has 3 aromatic carbocycles. The smallest absolute Gasteiger partial charge is 0.213 e. The number of rotatable bonds is 13. The van der Waals surface area contributed by atoms with Gasteiger partial charge in [0.15, 0.2) is 34.8 Å². The number of allylic oxidation sites excluding steroid dienone is 4. The molecule has 0 saturated heterocycles. The highest BCUT2D eigenvalue weighted by atomic mass is 127. The van der Waals surface area contributed by atoms with Gasteiger partial charge in [-0.2, -0.15) is 4.98 Å². The summed E-state index contributed by atoms with van der Waals surface area (Å²) in [5.74, 6) is 1.49. The van der Waals surface area contributed by atoms with E-state index in [0.717, 1.165) is 46.0 Å². The average Bonchev–Trinajstić information content (AvgIpc) is 4.53. The quantitative estimate of drug-likeness (QED) is 0.0238. The number of H-pyrrole nitrogens is 5. The van der Waals surface area contributed by atoms with Crippen LogP contribution in [0.5, 0.6) is 0 Å². The van der Waals surface area contributed by atoms with Crippen LogP contribution in [0.1, 0.15) is 53.4 Å². The Morgan fingerprint density at radius 1 is 0.542 bits per heavy atom. The average molecular weight is 1420 g/mol.